The number of nitrogens with one attached hydrogen (secondary N) is 1. The molecule has 0 amide bonds. The Morgan fingerprint density at radius 1 is 1.40 bits per heavy atom. The largest absolute Gasteiger partial charge is 0.399 e. The summed E-state index contributed by atoms with van der Waals surface area (Å²) in [7, 11) is 5.73. The Labute approximate surface area is 93.7 Å². The predicted octanol–water partition coefficient (Wildman–Crippen LogP) is 1.33. The van der Waals surface area contributed by atoms with Crippen molar-refractivity contribution in [3.63, 3.8) is 0 Å². The van der Waals surface area contributed by atoms with Gasteiger partial charge in [-0.2, -0.15) is 0 Å². The van der Waals surface area contributed by atoms with E-state index in [1.165, 1.54) is 0 Å². The summed E-state index contributed by atoms with van der Waals surface area (Å²) in [6, 6.07) is 0. The van der Waals surface area contributed by atoms with E-state index in [-0.39, 0.29) is 5.54 Å². The lowest BCUT2D eigenvalue weighted by Gasteiger charge is -2.27. The van der Waals surface area contributed by atoms with Crippen molar-refractivity contribution in [3.05, 3.63) is 0 Å². The van der Waals surface area contributed by atoms with Crippen LogP contribution < -0.4 is 5.32 Å². The van der Waals surface area contributed by atoms with Crippen LogP contribution in [0.5, 0.6) is 0 Å². The minimum Gasteiger partial charge on any atom is -0.399 e. The van der Waals surface area contributed by atoms with Gasteiger partial charge in [0.05, 0.1) is 5.71 Å². The van der Waals surface area contributed by atoms with E-state index in [1.807, 2.05) is 6.92 Å². The van der Waals surface area contributed by atoms with Crippen LogP contribution in [0.4, 0.5) is 0 Å². The van der Waals surface area contributed by atoms with Crippen molar-refractivity contribution in [2.75, 3.05) is 34.3 Å². The highest BCUT2D eigenvalue weighted by Crippen LogP contribution is 2.09. The van der Waals surface area contributed by atoms with E-state index < -0.39 is 0 Å². The SMILES string of the molecule is CO/N=C(\C)CC(C)(C)NCCN(C)C. The summed E-state index contributed by atoms with van der Waals surface area (Å²) < 4.78 is 0. The van der Waals surface area contributed by atoms with Gasteiger partial charge in [0, 0.05) is 25.0 Å². The maximum atomic E-state index is 4.74. The Kier molecular flexibility index (Phi) is 6.52. The van der Waals surface area contributed by atoms with Gasteiger partial charge in [0.15, 0.2) is 0 Å². The number of oxime groups is 1. The Morgan fingerprint density at radius 2 is 2.00 bits per heavy atom. The topological polar surface area (TPSA) is 36.9 Å². The number of nitrogens with zero attached hydrogens (tertiary/aromatic N) is 2. The first-order chi connectivity index (χ1) is 6.87. The van der Waals surface area contributed by atoms with Crippen LogP contribution in [-0.2, 0) is 4.84 Å². The minimum atomic E-state index is 0.0716. The first-order valence-electron chi connectivity index (χ1n) is 5.34. The lowest BCUT2D eigenvalue weighted by atomic mass is 9.98. The lowest BCUT2D eigenvalue weighted by Crippen LogP contribution is -2.43. The summed E-state index contributed by atoms with van der Waals surface area (Å²) in [4.78, 5) is 6.91. The highest BCUT2D eigenvalue weighted by molar-refractivity contribution is 5.82. The summed E-state index contributed by atoms with van der Waals surface area (Å²) >= 11 is 0. The molecule has 0 spiro atoms. The molecule has 0 aromatic carbocycles. The lowest BCUT2D eigenvalue weighted by molar-refractivity contribution is 0.211. The van der Waals surface area contributed by atoms with Gasteiger partial charge < -0.3 is 15.1 Å². The second kappa shape index (κ2) is 6.80. The molecule has 0 heterocycles. The molecular weight excluding hydrogens is 190 g/mol. The molecule has 0 rings (SSSR count). The summed E-state index contributed by atoms with van der Waals surface area (Å²) in [6.45, 7) is 8.37. The van der Waals surface area contributed by atoms with Crippen LogP contribution >= 0.6 is 0 Å². The normalized spacial score (nSPS) is 13.4. The van der Waals surface area contributed by atoms with Gasteiger partial charge in [-0.3, -0.25) is 0 Å². The third kappa shape index (κ3) is 8.39. The molecule has 4 nitrogen and oxygen atoms in total. The minimum absolute atomic E-state index is 0.0716. The Balaban J connectivity index is 3.91. The molecule has 0 unspecified atom stereocenters. The van der Waals surface area contributed by atoms with Crippen molar-refractivity contribution in [3.8, 4) is 0 Å². The van der Waals surface area contributed by atoms with Crippen molar-refractivity contribution in [2.45, 2.75) is 32.7 Å². The quantitative estimate of drug-likeness (QED) is 0.514. The molecule has 0 aromatic rings. The van der Waals surface area contributed by atoms with E-state index >= 15 is 0 Å². The number of likely N-dealkylation sites (N-methyl/N-ethyl adjacent to an activating group) is 1. The predicted molar refractivity (Wildman–Crippen MR) is 65.4 cm³/mol. The van der Waals surface area contributed by atoms with Crippen LogP contribution in [0.1, 0.15) is 27.2 Å². The Morgan fingerprint density at radius 3 is 2.47 bits per heavy atom. The molecule has 0 fully saturated rings. The Bertz CT molecular complexity index is 200. The molecule has 0 bridgehead atoms. The molecule has 0 atom stereocenters. The highest BCUT2D eigenvalue weighted by atomic mass is 16.6. The molecule has 4 heteroatoms. The summed E-state index contributed by atoms with van der Waals surface area (Å²) in [5, 5.41) is 7.42. The van der Waals surface area contributed by atoms with Crippen LogP contribution in [0.25, 0.3) is 0 Å². The summed E-state index contributed by atoms with van der Waals surface area (Å²) in [6.07, 6.45) is 0.897. The van der Waals surface area contributed by atoms with Crippen molar-refractivity contribution in [2.24, 2.45) is 5.16 Å². The monoisotopic (exact) mass is 215 g/mol. The fourth-order valence-corrected chi connectivity index (χ4v) is 1.51. The highest BCUT2D eigenvalue weighted by Gasteiger charge is 2.18. The molecule has 0 aliphatic heterocycles. The van der Waals surface area contributed by atoms with Gasteiger partial charge in [-0.05, 0) is 34.9 Å². The molecule has 1 N–H and O–H groups in total. The van der Waals surface area contributed by atoms with E-state index in [0.29, 0.717) is 0 Å². The molecular formula is C11H25N3O. The average Bonchev–Trinajstić information content (AvgIpc) is 2.01. The van der Waals surface area contributed by atoms with E-state index in [1.54, 1.807) is 7.11 Å². The van der Waals surface area contributed by atoms with Crippen molar-refractivity contribution in [1.82, 2.24) is 10.2 Å². The zero-order chi connectivity index (χ0) is 11.9. The van der Waals surface area contributed by atoms with Gasteiger partial charge in [0.2, 0.25) is 0 Å². The van der Waals surface area contributed by atoms with E-state index in [0.717, 1.165) is 25.2 Å². The molecule has 0 saturated heterocycles. The number of hydrogen-bond acceptors (Lipinski definition) is 4. The fourth-order valence-electron chi connectivity index (χ4n) is 1.51. The molecule has 15 heavy (non-hydrogen) atoms. The fraction of sp³-hybridized carbons (Fsp3) is 0.909. The number of hydrogen-bond donors (Lipinski definition) is 1. The average molecular weight is 215 g/mol. The summed E-state index contributed by atoms with van der Waals surface area (Å²) in [5.74, 6) is 0. The van der Waals surface area contributed by atoms with Gasteiger partial charge in [0.25, 0.3) is 0 Å². The van der Waals surface area contributed by atoms with Gasteiger partial charge in [-0.25, -0.2) is 0 Å². The first kappa shape index (κ1) is 14.4. The molecule has 0 aliphatic rings. The Hall–Kier alpha value is -0.610. The first-order valence-corrected chi connectivity index (χ1v) is 5.34. The molecule has 0 aliphatic carbocycles. The zero-order valence-corrected chi connectivity index (χ0v) is 10.9. The van der Waals surface area contributed by atoms with Crippen LogP contribution in [0.2, 0.25) is 0 Å². The van der Waals surface area contributed by atoms with Gasteiger partial charge in [-0.1, -0.05) is 5.16 Å². The maximum absolute atomic E-state index is 4.74. The number of rotatable bonds is 7. The van der Waals surface area contributed by atoms with Gasteiger partial charge in [-0.15, -0.1) is 0 Å². The van der Waals surface area contributed by atoms with Gasteiger partial charge >= 0.3 is 0 Å². The third-order valence-electron chi connectivity index (χ3n) is 2.11. The van der Waals surface area contributed by atoms with Gasteiger partial charge in [0.1, 0.15) is 7.11 Å². The van der Waals surface area contributed by atoms with E-state index in [4.69, 9.17) is 4.84 Å². The zero-order valence-electron chi connectivity index (χ0n) is 10.9. The van der Waals surface area contributed by atoms with Crippen LogP contribution in [-0.4, -0.2) is 50.4 Å². The second-order valence-corrected chi connectivity index (χ2v) is 4.80. The van der Waals surface area contributed by atoms with Crippen LogP contribution in [0.3, 0.4) is 0 Å². The van der Waals surface area contributed by atoms with E-state index in [9.17, 15) is 0 Å². The maximum Gasteiger partial charge on any atom is 0.106 e. The van der Waals surface area contributed by atoms with Crippen molar-refractivity contribution >= 4 is 5.71 Å². The second-order valence-electron chi connectivity index (χ2n) is 4.80. The summed E-state index contributed by atoms with van der Waals surface area (Å²) in [5.41, 5.74) is 1.09. The van der Waals surface area contributed by atoms with Crippen LogP contribution in [0, 0.1) is 0 Å². The van der Waals surface area contributed by atoms with Crippen LogP contribution in [0.15, 0.2) is 5.16 Å². The molecule has 90 valence electrons. The molecule has 0 radical (unpaired) electrons. The van der Waals surface area contributed by atoms with E-state index in [2.05, 4.69) is 43.3 Å². The van der Waals surface area contributed by atoms with Crippen molar-refractivity contribution in [1.29, 1.82) is 0 Å². The molecule has 0 saturated carbocycles. The van der Waals surface area contributed by atoms with Crippen molar-refractivity contribution < 1.29 is 4.84 Å². The smallest absolute Gasteiger partial charge is 0.106 e. The standard InChI is InChI=1S/C11H25N3O/c1-10(13-15-6)9-11(2,3)12-7-8-14(4)5/h12H,7-9H2,1-6H3/b13-10+. The third-order valence-corrected chi connectivity index (χ3v) is 2.11. The molecule has 0 aromatic heterocycles.